The molecule has 7 nitrogen and oxygen atoms in total. The van der Waals surface area contributed by atoms with E-state index in [0.717, 1.165) is 0 Å². The summed E-state index contributed by atoms with van der Waals surface area (Å²) in [7, 11) is -4.67. The summed E-state index contributed by atoms with van der Waals surface area (Å²) >= 11 is 0. The second kappa shape index (κ2) is 7.64. The Morgan fingerprint density at radius 3 is 1.15 bits per heavy atom. The first kappa shape index (κ1) is 17.3. The van der Waals surface area contributed by atoms with Crippen LogP contribution < -0.4 is 0 Å². The minimum absolute atomic E-state index is 0.704. The van der Waals surface area contributed by atoms with Crippen molar-refractivity contribution in [3.05, 3.63) is 50.6 Å². The summed E-state index contributed by atoms with van der Waals surface area (Å²) in [6.45, 7) is 12.5. The van der Waals surface area contributed by atoms with Gasteiger partial charge in [0.15, 0.2) is 0 Å². The molecule has 0 aromatic rings. The van der Waals surface area contributed by atoms with Gasteiger partial charge in [-0.3, -0.25) is 4.79 Å². The van der Waals surface area contributed by atoms with Crippen LogP contribution in [0, 0.1) is 0 Å². The molecule has 0 amide bonds. The molecule has 0 saturated carbocycles. The van der Waals surface area contributed by atoms with Gasteiger partial charge in [0.1, 0.15) is 0 Å². The van der Waals surface area contributed by atoms with Crippen molar-refractivity contribution in [2.45, 2.75) is 0 Å². The van der Waals surface area contributed by atoms with Crippen LogP contribution in [0.5, 0.6) is 0 Å². The monoisotopic (exact) mass is 296 g/mol. The molecule has 8 heteroatoms. The zero-order chi connectivity index (χ0) is 15.8. The molecule has 106 valence electrons. The quantitative estimate of drug-likeness (QED) is 0.472. The van der Waals surface area contributed by atoms with Gasteiger partial charge in [-0.1, -0.05) is 26.3 Å². The van der Waals surface area contributed by atoms with Crippen LogP contribution >= 0.6 is 0 Å². The van der Waals surface area contributed by atoms with Crippen LogP contribution in [0.1, 0.15) is 0 Å². The van der Waals surface area contributed by atoms with Gasteiger partial charge in [0.05, 0.1) is 0 Å². The normalized spacial score (nSPS) is 9.60. The Morgan fingerprint density at radius 1 is 0.650 bits per heavy atom. The highest BCUT2D eigenvalue weighted by atomic mass is 28.4. The summed E-state index contributed by atoms with van der Waals surface area (Å²) in [6.07, 6.45) is 2.83. The molecule has 0 rings (SSSR count). The largest absolute Gasteiger partial charge is 0.786 e. The zero-order valence-electron chi connectivity index (χ0n) is 10.5. The predicted molar refractivity (Wildman–Crippen MR) is 69.8 cm³/mol. The van der Waals surface area contributed by atoms with Gasteiger partial charge in [-0.05, 0) is 6.08 Å². The Morgan fingerprint density at radius 2 is 0.950 bits per heavy atom. The Hall–Kier alpha value is -2.74. The first-order chi connectivity index (χ1) is 9.34. The number of rotatable bonds is 8. The minimum atomic E-state index is -4.67. The van der Waals surface area contributed by atoms with E-state index in [1.165, 1.54) is 0 Å². The van der Waals surface area contributed by atoms with Crippen molar-refractivity contribution in [3.63, 3.8) is 0 Å². The summed E-state index contributed by atoms with van der Waals surface area (Å²) < 4.78 is 14.0. The second-order valence-electron chi connectivity index (χ2n) is 3.00. The minimum Gasteiger partial charge on any atom is -0.447 e. The summed E-state index contributed by atoms with van der Waals surface area (Å²) in [5.41, 5.74) is 0. The number of hydrogen-bond acceptors (Lipinski definition) is 7. The Kier molecular flexibility index (Phi) is 6.59. The van der Waals surface area contributed by atoms with E-state index in [1.807, 2.05) is 0 Å². The van der Waals surface area contributed by atoms with E-state index in [2.05, 4.69) is 39.6 Å². The molecule has 0 aromatic heterocycles. The average Bonchev–Trinajstić information content (AvgIpc) is 2.45. The third-order valence-corrected chi connectivity index (χ3v) is 3.91. The van der Waals surface area contributed by atoms with Crippen LogP contribution in [0.15, 0.2) is 50.6 Å². The Bertz CT molecular complexity index is 437. The van der Waals surface area contributed by atoms with Gasteiger partial charge < -0.3 is 13.3 Å². The van der Waals surface area contributed by atoms with Crippen molar-refractivity contribution in [2.24, 2.45) is 0 Å². The van der Waals surface area contributed by atoms with Crippen molar-refractivity contribution < 1.29 is 32.5 Å². The molecule has 0 aliphatic heterocycles. The van der Waals surface area contributed by atoms with Crippen molar-refractivity contribution in [1.82, 2.24) is 0 Å². The van der Waals surface area contributed by atoms with Crippen LogP contribution in [-0.2, 0) is 32.5 Å². The number of allylic oxidation sites excluding steroid dienone is 1. The highest BCUT2D eigenvalue weighted by molar-refractivity contribution is 6.96. The van der Waals surface area contributed by atoms with Crippen LogP contribution in [0.3, 0.4) is 0 Å². The average molecular weight is 296 g/mol. The molecule has 0 atom stereocenters. The first-order valence-corrected chi connectivity index (χ1v) is 6.80. The molecule has 0 fully saturated rings. The Balaban J connectivity index is 5.71. The molecule has 0 aliphatic rings. The maximum Gasteiger partial charge on any atom is 0.786 e. The van der Waals surface area contributed by atoms with E-state index in [9.17, 15) is 19.2 Å². The van der Waals surface area contributed by atoms with Gasteiger partial charge >= 0.3 is 26.7 Å². The lowest BCUT2D eigenvalue weighted by molar-refractivity contribution is -0.147. The lowest BCUT2D eigenvalue weighted by atomic mass is 10.7. The van der Waals surface area contributed by atoms with E-state index in [-0.39, 0.29) is 0 Å². The van der Waals surface area contributed by atoms with Gasteiger partial charge in [0.2, 0.25) is 0 Å². The van der Waals surface area contributed by atoms with Crippen LogP contribution in [0.4, 0.5) is 0 Å². The SMILES string of the molecule is C=CC(=O)O[Si](OC(=O)C=C)(OC(=O)C=C)C(=O)C=C. The highest BCUT2D eigenvalue weighted by Crippen LogP contribution is 2.14. The highest BCUT2D eigenvalue weighted by Gasteiger charge is 2.60. The molecule has 0 bridgehead atoms. The lowest BCUT2D eigenvalue weighted by Gasteiger charge is -2.23. The van der Waals surface area contributed by atoms with Crippen molar-refractivity contribution in [1.29, 1.82) is 0 Å². The van der Waals surface area contributed by atoms with E-state index in [4.69, 9.17) is 0 Å². The van der Waals surface area contributed by atoms with Gasteiger partial charge in [-0.15, -0.1) is 0 Å². The Labute approximate surface area is 116 Å². The topological polar surface area (TPSA) is 96.0 Å². The van der Waals surface area contributed by atoms with E-state index >= 15 is 0 Å². The molecule has 0 saturated heterocycles. The third-order valence-electron chi connectivity index (χ3n) is 1.69. The predicted octanol–water partition coefficient (Wildman–Crippen LogP) is 0.407. The van der Waals surface area contributed by atoms with Crippen molar-refractivity contribution in [3.8, 4) is 0 Å². The molecule has 0 heterocycles. The lowest BCUT2D eigenvalue weighted by Crippen LogP contribution is -2.56. The molecule has 0 N–H and O–H groups in total. The van der Waals surface area contributed by atoms with E-state index in [1.54, 1.807) is 0 Å². The third kappa shape index (κ3) is 4.50. The maximum atomic E-state index is 11.8. The maximum absolute atomic E-state index is 11.8. The standard InChI is InChI=1S/C12H12O7Si/c1-5-9(13)17-20(12(16)8-4,18-10(14)6-2)19-11(15)7-3/h5-8H,1-4H2. The zero-order valence-corrected chi connectivity index (χ0v) is 11.5. The van der Waals surface area contributed by atoms with Gasteiger partial charge in [-0.25, -0.2) is 14.4 Å². The summed E-state index contributed by atoms with van der Waals surface area (Å²) in [6, 6.07) is 0. The number of hydrogen-bond donors (Lipinski definition) is 0. The molecule has 0 aromatic carbocycles. The molecule has 20 heavy (non-hydrogen) atoms. The van der Waals surface area contributed by atoms with Crippen LogP contribution in [0.2, 0.25) is 0 Å². The molecular weight excluding hydrogens is 284 g/mol. The van der Waals surface area contributed by atoms with Gasteiger partial charge in [0, 0.05) is 18.2 Å². The molecule has 0 aliphatic carbocycles. The van der Waals surface area contributed by atoms with Gasteiger partial charge in [0.25, 0.3) is 5.41 Å². The smallest absolute Gasteiger partial charge is 0.447 e. The van der Waals surface area contributed by atoms with Crippen LogP contribution in [0.25, 0.3) is 0 Å². The fourth-order valence-corrected chi connectivity index (χ4v) is 2.58. The number of carbonyl (C=O) groups is 4. The molecular formula is C12H12O7Si. The van der Waals surface area contributed by atoms with Crippen molar-refractivity contribution >= 4 is 32.1 Å². The molecule has 0 unspecified atom stereocenters. The van der Waals surface area contributed by atoms with Gasteiger partial charge in [-0.2, -0.15) is 0 Å². The molecule has 0 spiro atoms. The van der Waals surface area contributed by atoms with Crippen LogP contribution in [-0.4, -0.2) is 32.1 Å². The molecule has 0 radical (unpaired) electrons. The fourth-order valence-electron chi connectivity index (χ4n) is 0.861. The summed E-state index contributed by atoms with van der Waals surface area (Å²) in [4.78, 5) is 45.6. The number of carbonyl (C=O) groups excluding carboxylic acids is 4. The summed E-state index contributed by atoms with van der Waals surface area (Å²) in [5.74, 6) is -3.33. The fraction of sp³-hybridized carbons (Fsp3) is 0. The summed E-state index contributed by atoms with van der Waals surface area (Å²) in [5, 5.41) is -1.06. The first-order valence-electron chi connectivity index (χ1n) is 5.08. The van der Waals surface area contributed by atoms with E-state index < -0.39 is 32.1 Å². The van der Waals surface area contributed by atoms with Crippen molar-refractivity contribution in [2.75, 3.05) is 0 Å². The second-order valence-corrected chi connectivity index (χ2v) is 5.22. The van der Waals surface area contributed by atoms with E-state index in [0.29, 0.717) is 24.3 Å².